The van der Waals surface area contributed by atoms with Crippen LogP contribution in [-0.2, 0) is 4.79 Å². The molecule has 1 aliphatic rings. The summed E-state index contributed by atoms with van der Waals surface area (Å²) >= 11 is 1.88. The van der Waals surface area contributed by atoms with Crippen LogP contribution in [0.5, 0.6) is 0 Å². The molecule has 1 unspecified atom stereocenters. The van der Waals surface area contributed by atoms with E-state index in [4.69, 9.17) is 0 Å². The van der Waals surface area contributed by atoms with Crippen molar-refractivity contribution < 1.29 is 4.79 Å². The summed E-state index contributed by atoms with van der Waals surface area (Å²) in [5.74, 6) is 0.671. The summed E-state index contributed by atoms with van der Waals surface area (Å²) in [7, 11) is 0. The Kier molecular flexibility index (Phi) is 4.33. The van der Waals surface area contributed by atoms with Crippen LogP contribution in [0.25, 0.3) is 0 Å². The number of nitrogens with zero attached hydrogens (tertiary/aromatic N) is 1. The van der Waals surface area contributed by atoms with E-state index in [2.05, 4.69) is 39.0 Å². The number of para-hydroxylation sites is 1. The average molecular weight is 263 g/mol. The van der Waals surface area contributed by atoms with E-state index in [1.165, 1.54) is 4.90 Å². The van der Waals surface area contributed by atoms with Gasteiger partial charge in [0.25, 0.3) is 0 Å². The zero-order valence-corrected chi connectivity index (χ0v) is 12.2. The van der Waals surface area contributed by atoms with Gasteiger partial charge in [-0.3, -0.25) is 4.79 Å². The van der Waals surface area contributed by atoms with Crippen LogP contribution < -0.4 is 4.90 Å². The van der Waals surface area contributed by atoms with E-state index in [0.717, 1.165) is 18.7 Å². The fourth-order valence-corrected chi connectivity index (χ4v) is 3.32. The molecule has 0 saturated carbocycles. The van der Waals surface area contributed by atoms with Crippen molar-refractivity contribution in [3.8, 4) is 0 Å². The number of hydrogen-bond donors (Lipinski definition) is 0. The molecule has 1 aromatic carbocycles. The van der Waals surface area contributed by atoms with Crippen LogP contribution in [0.1, 0.15) is 33.6 Å². The van der Waals surface area contributed by atoms with Gasteiger partial charge in [0.05, 0.1) is 5.69 Å². The fraction of sp³-hybridized carbons (Fsp3) is 0.533. The van der Waals surface area contributed by atoms with Crippen LogP contribution >= 0.6 is 11.8 Å². The molecule has 0 spiro atoms. The van der Waals surface area contributed by atoms with Gasteiger partial charge in [-0.25, -0.2) is 0 Å². The van der Waals surface area contributed by atoms with E-state index >= 15 is 0 Å². The highest BCUT2D eigenvalue weighted by atomic mass is 32.2. The topological polar surface area (TPSA) is 20.3 Å². The molecule has 1 aliphatic heterocycles. The van der Waals surface area contributed by atoms with Crippen LogP contribution in [0.3, 0.4) is 0 Å². The quantitative estimate of drug-likeness (QED) is 0.805. The van der Waals surface area contributed by atoms with Gasteiger partial charge in [-0.1, -0.05) is 32.9 Å². The second kappa shape index (κ2) is 5.79. The van der Waals surface area contributed by atoms with Crippen molar-refractivity contribution in [1.29, 1.82) is 0 Å². The molecule has 1 heterocycles. The number of carbonyl (C=O) groups is 1. The maximum absolute atomic E-state index is 12.3. The third-order valence-electron chi connectivity index (χ3n) is 3.13. The molecule has 0 aromatic heterocycles. The molecular weight excluding hydrogens is 242 g/mol. The molecule has 0 saturated heterocycles. The molecule has 0 N–H and O–H groups in total. The monoisotopic (exact) mass is 263 g/mol. The highest BCUT2D eigenvalue weighted by Gasteiger charge is 2.24. The van der Waals surface area contributed by atoms with Crippen molar-refractivity contribution in [1.82, 2.24) is 0 Å². The number of hydrogen-bond acceptors (Lipinski definition) is 2. The van der Waals surface area contributed by atoms with E-state index in [0.29, 0.717) is 17.6 Å². The Morgan fingerprint density at radius 3 is 2.89 bits per heavy atom. The Labute approximate surface area is 114 Å². The van der Waals surface area contributed by atoms with Crippen molar-refractivity contribution in [3.63, 3.8) is 0 Å². The van der Waals surface area contributed by atoms with Gasteiger partial charge in [0.15, 0.2) is 0 Å². The number of rotatable bonds is 2. The fourth-order valence-electron chi connectivity index (χ4n) is 2.21. The highest BCUT2D eigenvalue weighted by molar-refractivity contribution is 8.00. The largest absolute Gasteiger partial charge is 0.311 e. The van der Waals surface area contributed by atoms with Gasteiger partial charge in [-0.15, -0.1) is 11.8 Å². The maximum Gasteiger partial charge on any atom is 0.227 e. The number of anilines is 1. The molecule has 1 aromatic rings. The normalized spacial score (nSPS) is 19.6. The summed E-state index contributed by atoms with van der Waals surface area (Å²) in [6.07, 6.45) is 1.69. The predicted molar refractivity (Wildman–Crippen MR) is 78.2 cm³/mol. The summed E-state index contributed by atoms with van der Waals surface area (Å²) in [6.45, 7) is 7.27. The van der Waals surface area contributed by atoms with Crippen molar-refractivity contribution in [3.05, 3.63) is 24.3 Å². The van der Waals surface area contributed by atoms with Gasteiger partial charge >= 0.3 is 0 Å². The third kappa shape index (κ3) is 3.08. The second-order valence-electron chi connectivity index (χ2n) is 5.33. The van der Waals surface area contributed by atoms with E-state index in [-0.39, 0.29) is 5.91 Å². The van der Waals surface area contributed by atoms with Crippen molar-refractivity contribution in [2.45, 2.75) is 43.8 Å². The first-order chi connectivity index (χ1) is 8.58. The summed E-state index contributed by atoms with van der Waals surface area (Å²) in [5.41, 5.74) is 1.09. The minimum Gasteiger partial charge on any atom is -0.311 e. The van der Waals surface area contributed by atoms with E-state index in [1.54, 1.807) is 0 Å². The van der Waals surface area contributed by atoms with Crippen molar-refractivity contribution in [2.24, 2.45) is 5.92 Å². The number of fused-ring (bicyclic) bond motifs is 1. The number of carbonyl (C=O) groups excluding carboxylic acids is 1. The number of benzene rings is 1. The molecule has 1 atom stereocenters. The first kappa shape index (κ1) is 13.5. The van der Waals surface area contributed by atoms with E-state index in [1.807, 2.05) is 22.7 Å². The Bertz CT molecular complexity index is 430. The molecule has 1 amide bonds. The lowest BCUT2D eigenvalue weighted by Crippen LogP contribution is -2.32. The lowest BCUT2D eigenvalue weighted by atomic mass is 10.1. The van der Waals surface area contributed by atoms with Gasteiger partial charge in [0, 0.05) is 23.1 Å². The smallest absolute Gasteiger partial charge is 0.227 e. The van der Waals surface area contributed by atoms with Gasteiger partial charge in [0.1, 0.15) is 0 Å². The van der Waals surface area contributed by atoms with Gasteiger partial charge in [-0.05, 0) is 24.5 Å². The average Bonchev–Trinajstić information content (AvgIpc) is 2.46. The molecule has 0 bridgehead atoms. The van der Waals surface area contributed by atoms with E-state index < -0.39 is 0 Å². The standard InChI is InChI=1S/C15H21NOS/c1-11(2)10-15(17)16-9-8-12(3)18-14-7-5-4-6-13(14)16/h4-7,11-12H,8-10H2,1-3H3. The molecule has 0 radical (unpaired) electrons. The minimum absolute atomic E-state index is 0.257. The van der Waals surface area contributed by atoms with Gasteiger partial charge < -0.3 is 4.90 Å². The molecule has 18 heavy (non-hydrogen) atoms. The summed E-state index contributed by atoms with van der Waals surface area (Å²) < 4.78 is 0. The Morgan fingerprint density at radius 1 is 1.44 bits per heavy atom. The summed E-state index contributed by atoms with van der Waals surface area (Å²) in [4.78, 5) is 15.6. The van der Waals surface area contributed by atoms with Crippen LogP contribution in [0.2, 0.25) is 0 Å². The van der Waals surface area contributed by atoms with Gasteiger partial charge in [0.2, 0.25) is 5.91 Å². The summed E-state index contributed by atoms with van der Waals surface area (Å²) in [6, 6.07) is 8.26. The Morgan fingerprint density at radius 2 is 2.17 bits per heavy atom. The van der Waals surface area contributed by atoms with Gasteiger partial charge in [-0.2, -0.15) is 0 Å². The molecule has 0 aliphatic carbocycles. The SMILES string of the molecule is CC(C)CC(=O)N1CCC(C)Sc2ccccc21. The zero-order valence-electron chi connectivity index (χ0n) is 11.3. The van der Waals surface area contributed by atoms with E-state index in [9.17, 15) is 4.79 Å². The Hall–Kier alpha value is -0.960. The minimum atomic E-state index is 0.257. The predicted octanol–water partition coefficient (Wildman–Crippen LogP) is 3.95. The van der Waals surface area contributed by atoms with Crippen molar-refractivity contribution in [2.75, 3.05) is 11.4 Å². The molecular formula is C15H21NOS. The number of amides is 1. The zero-order chi connectivity index (χ0) is 13.1. The molecule has 2 rings (SSSR count). The maximum atomic E-state index is 12.3. The third-order valence-corrected chi connectivity index (χ3v) is 4.36. The first-order valence-electron chi connectivity index (χ1n) is 6.64. The number of thioether (sulfide) groups is 1. The van der Waals surface area contributed by atoms with Crippen LogP contribution in [-0.4, -0.2) is 17.7 Å². The Balaban J connectivity index is 2.28. The molecule has 2 nitrogen and oxygen atoms in total. The second-order valence-corrected chi connectivity index (χ2v) is 6.81. The lowest BCUT2D eigenvalue weighted by molar-refractivity contribution is -0.119. The molecule has 3 heteroatoms. The first-order valence-corrected chi connectivity index (χ1v) is 7.52. The molecule has 0 fully saturated rings. The van der Waals surface area contributed by atoms with Crippen molar-refractivity contribution >= 4 is 23.4 Å². The summed E-state index contributed by atoms with van der Waals surface area (Å²) in [5, 5.41) is 0.572. The van der Waals surface area contributed by atoms with Crippen LogP contribution in [0.15, 0.2) is 29.2 Å². The van der Waals surface area contributed by atoms with Crippen LogP contribution in [0.4, 0.5) is 5.69 Å². The highest BCUT2D eigenvalue weighted by Crippen LogP contribution is 2.37. The lowest BCUT2D eigenvalue weighted by Gasteiger charge is -2.23. The van der Waals surface area contributed by atoms with Crippen LogP contribution in [0, 0.1) is 5.92 Å². The molecule has 98 valence electrons.